The first kappa shape index (κ1) is 15.0. The van der Waals surface area contributed by atoms with Crippen LogP contribution in [-0.2, 0) is 0 Å². The Hall–Kier alpha value is -0.0800. The van der Waals surface area contributed by atoms with E-state index < -0.39 is 0 Å². The van der Waals surface area contributed by atoms with E-state index in [0.29, 0.717) is 11.5 Å². The Morgan fingerprint density at radius 1 is 1.18 bits per heavy atom. The van der Waals surface area contributed by atoms with Crippen molar-refractivity contribution in [2.24, 2.45) is 5.41 Å². The standard InChI is InChI=1S/C15H31NO/c1-4-5-8-11-15(2,3)12-16-13-9-6-7-10-14(13)17/h13-14,16-17H,4-12H2,1-3H3/t13-,14-/m0/s1. The van der Waals surface area contributed by atoms with E-state index >= 15 is 0 Å². The van der Waals surface area contributed by atoms with E-state index in [-0.39, 0.29) is 6.10 Å². The summed E-state index contributed by atoms with van der Waals surface area (Å²) in [6.45, 7) is 7.97. The van der Waals surface area contributed by atoms with Crippen LogP contribution >= 0.6 is 0 Å². The van der Waals surface area contributed by atoms with E-state index in [1.54, 1.807) is 0 Å². The van der Waals surface area contributed by atoms with Crippen LogP contribution in [0.3, 0.4) is 0 Å². The largest absolute Gasteiger partial charge is 0.392 e. The first-order valence-corrected chi connectivity index (χ1v) is 7.46. The molecule has 102 valence electrons. The van der Waals surface area contributed by atoms with Gasteiger partial charge in [-0.2, -0.15) is 0 Å². The zero-order valence-corrected chi connectivity index (χ0v) is 12.0. The summed E-state index contributed by atoms with van der Waals surface area (Å²) in [5.41, 5.74) is 0.367. The van der Waals surface area contributed by atoms with Crippen molar-refractivity contribution >= 4 is 0 Å². The van der Waals surface area contributed by atoms with Crippen molar-refractivity contribution in [2.45, 2.75) is 84.3 Å². The number of rotatable bonds is 7. The first-order chi connectivity index (χ1) is 8.05. The quantitative estimate of drug-likeness (QED) is 0.669. The summed E-state index contributed by atoms with van der Waals surface area (Å²) in [6, 6.07) is 0.342. The minimum Gasteiger partial charge on any atom is -0.392 e. The summed E-state index contributed by atoms with van der Waals surface area (Å²) in [6.07, 6.45) is 9.73. The second kappa shape index (κ2) is 7.38. The van der Waals surface area contributed by atoms with E-state index in [1.807, 2.05) is 0 Å². The number of nitrogens with one attached hydrogen (secondary N) is 1. The smallest absolute Gasteiger partial charge is 0.0693 e. The van der Waals surface area contributed by atoms with Crippen molar-refractivity contribution in [3.63, 3.8) is 0 Å². The molecule has 0 unspecified atom stereocenters. The summed E-state index contributed by atoms with van der Waals surface area (Å²) in [5, 5.41) is 13.5. The third-order valence-corrected chi connectivity index (χ3v) is 4.03. The molecule has 2 nitrogen and oxygen atoms in total. The predicted molar refractivity (Wildman–Crippen MR) is 74.2 cm³/mol. The Labute approximate surface area is 107 Å². The lowest BCUT2D eigenvalue weighted by atomic mass is 9.85. The molecule has 0 spiro atoms. The molecule has 0 aromatic carbocycles. The number of hydrogen-bond donors (Lipinski definition) is 2. The third-order valence-electron chi connectivity index (χ3n) is 4.03. The minimum absolute atomic E-state index is 0.116. The van der Waals surface area contributed by atoms with Crippen molar-refractivity contribution in [3.05, 3.63) is 0 Å². The second-order valence-corrected chi connectivity index (χ2v) is 6.46. The van der Waals surface area contributed by atoms with Crippen LogP contribution in [0.5, 0.6) is 0 Å². The molecule has 2 heteroatoms. The van der Waals surface area contributed by atoms with Crippen molar-refractivity contribution in [1.29, 1.82) is 0 Å². The molecule has 1 aliphatic rings. The second-order valence-electron chi connectivity index (χ2n) is 6.46. The molecule has 2 N–H and O–H groups in total. The van der Waals surface area contributed by atoms with Gasteiger partial charge in [-0.05, 0) is 24.7 Å². The Bertz CT molecular complexity index is 203. The molecule has 2 atom stereocenters. The van der Waals surface area contributed by atoms with Gasteiger partial charge < -0.3 is 10.4 Å². The van der Waals surface area contributed by atoms with Gasteiger partial charge in [0.15, 0.2) is 0 Å². The van der Waals surface area contributed by atoms with E-state index in [2.05, 4.69) is 26.1 Å². The highest BCUT2D eigenvalue weighted by Crippen LogP contribution is 2.24. The molecule has 0 heterocycles. The van der Waals surface area contributed by atoms with Crippen LogP contribution in [0.15, 0.2) is 0 Å². The number of aliphatic hydroxyl groups is 1. The van der Waals surface area contributed by atoms with Gasteiger partial charge in [0, 0.05) is 12.6 Å². The highest BCUT2D eigenvalue weighted by molar-refractivity contribution is 4.83. The van der Waals surface area contributed by atoms with Gasteiger partial charge in [-0.1, -0.05) is 52.9 Å². The molecule has 0 saturated heterocycles. The van der Waals surface area contributed by atoms with E-state index in [0.717, 1.165) is 19.4 Å². The Morgan fingerprint density at radius 3 is 2.53 bits per heavy atom. The van der Waals surface area contributed by atoms with Crippen LogP contribution in [0.4, 0.5) is 0 Å². The van der Waals surface area contributed by atoms with Gasteiger partial charge in [0.25, 0.3) is 0 Å². The maximum Gasteiger partial charge on any atom is 0.0693 e. The lowest BCUT2D eigenvalue weighted by Gasteiger charge is -2.33. The van der Waals surface area contributed by atoms with E-state index in [4.69, 9.17) is 0 Å². The average Bonchev–Trinajstić information content (AvgIpc) is 2.28. The predicted octanol–water partition coefficient (Wildman–Crippen LogP) is 3.49. The molecular weight excluding hydrogens is 210 g/mol. The van der Waals surface area contributed by atoms with Gasteiger partial charge >= 0.3 is 0 Å². The highest BCUT2D eigenvalue weighted by atomic mass is 16.3. The molecular formula is C15H31NO. The van der Waals surface area contributed by atoms with Crippen LogP contribution in [-0.4, -0.2) is 23.8 Å². The maximum atomic E-state index is 9.92. The van der Waals surface area contributed by atoms with Gasteiger partial charge in [0.05, 0.1) is 6.10 Å². The highest BCUT2D eigenvalue weighted by Gasteiger charge is 2.25. The fraction of sp³-hybridized carbons (Fsp3) is 1.00. The molecule has 1 aliphatic carbocycles. The summed E-state index contributed by atoms with van der Waals surface area (Å²) in [7, 11) is 0. The molecule has 0 amide bonds. The van der Waals surface area contributed by atoms with Gasteiger partial charge in [0.2, 0.25) is 0 Å². The zero-order valence-electron chi connectivity index (χ0n) is 12.0. The molecule has 1 saturated carbocycles. The van der Waals surface area contributed by atoms with Crippen LogP contribution < -0.4 is 5.32 Å². The summed E-state index contributed by atoms with van der Waals surface area (Å²) in [4.78, 5) is 0. The molecule has 0 aliphatic heterocycles. The summed E-state index contributed by atoms with van der Waals surface area (Å²) < 4.78 is 0. The van der Waals surface area contributed by atoms with E-state index in [1.165, 1.54) is 38.5 Å². The average molecular weight is 241 g/mol. The van der Waals surface area contributed by atoms with Crippen molar-refractivity contribution in [1.82, 2.24) is 5.32 Å². The fourth-order valence-electron chi connectivity index (χ4n) is 2.70. The summed E-state index contributed by atoms with van der Waals surface area (Å²) >= 11 is 0. The van der Waals surface area contributed by atoms with E-state index in [9.17, 15) is 5.11 Å². The third kappa shape index (κ3) is 5.87. The number of aliphatic hydroxyl groups excluding tert-OH is 1. The van der Waals surface area contributed by atoms with Crippen molar-refractivity contribution < 1.29 is 5.11 Å². The van der Waals surface area contributed by atoms with Gasteiger partial charge in [-0.25, -0.2) is 0 Å². The Morgan fingerprint density at radius 2 is 1.88 bits per heavy atom. The monoisotopic (exact) mass is 241 g/mol. The maximum absolute atomic E-state index is 9.92. The summed E-state index contributed by atoms with van der Waals surface area (Å²) in [5.74, 6) is 0. The normalized spacial score (nSPS) is 26.1. The molecule has 0 aromatic rings. The topological polar surface area (TPSA) is 32.3 Å². The number of hydrogen-bond acceptors (Lipinski definition) is 2. The number of unbranched alkanes of at least 4 members (excludes halogenated alkanes) is 2. The van der Waals surface area contributed by atoms with Crippen LogP contribution in [0.25, 0.3) is 0 Å². The molecule has 1 fully saturated rings. The SMILES string of the molecule is CCCCCC(C)(C)CN[C@H]1CCCC[C@@H]1O. The fourth-order valence-corrected chi connectivity index (χ4v) is 2.70. The lowest BCUT2D eigenvalue weighted by Crippen LogP contribution is -2.45. The molecule has 17 heavy (non-hydrogen) atoms. The Balaban J connectivity index is 2.22. The Kier molecular flexibility index (Phi) is 6.50. The van der Waals surface area contributed by atoms with Crippen LogP contribution in [0.2, 0.25) is 0 Å². The van der Waals surface area contributed by atoms with Crippen LogP contribution in [0, 0.1) is 5.41 Å². The zero-order chi connectivity index (χ0) is 12.7. The molecule has 0 radical (unpaired) electrons. The van der Waals surface area contributed by atoms with Crippen LogP contribution in [0.1, 0.15) is 72.1 Å². The van der Waals surface area contributed by atoms with Gasteiger partial charge in [0.1, 0.15) is 0 Å². The minimum atomic E-state index is -0.116. The lowest BCUT2D eigenvalue weighted by molar-refractivity contribution is 0.0845. The molecule has 1 rings (SSSR count). The first-order valence-electron chi connectivity index (χ1n) is 7.46. The molecule has 0 bridgehead atoms. The van der Waals surface area contributed by atoms with Crippen molar-refractivity contribution in [2.75, 3.05) is 6.54 Å². The van der Waals surface area contributed by atoms with Gasteiger partial charge in [-0.3, -0.25) is 0 Å². The van der Waals surface area contributed by atoms with Crippen molar-refractivity contribution in [3.8, 4) is 0 Å². The molecule has 0 aromatic heterocycles. The van der Waals surface area contributed by atoms with Gasteiger partial charge in [-0.15, -0.1) is 0 Å².